The van der Waals surface area contributed by atoms with Crippen molar-refractivity contribution in [3.05, 3.63) is 24.3 Å². The van der Waals surface area contributed by atoms with Crippen molar-refractivity contribution in [2.24, 2.45) is 5.73 Å². The van der Waals surface area contributed by atoms with Gasteiger partial charge in [0.2, 0.25) is 15.9 Å². The van der Waals surface area contributed by atoms with E-state index in [0.717, 1.165) is 12.4 Å². The summed E-state index contributed by atoms with van der Waals surface area (Å²) in [5.41, 5.74) is 4.80. The Bertz CT molecular complexity index is 604. The number of carbonyl (C=O) groups is 2. The molecule has 1 aromatic heterocycles. The van der Waals surface area contributed by atoms with Crippen LogP contribution < -0.4 is 10.5 Å². The summed E-state index contributed by atoms with van der Waals surface area (Å²) in [6.45, 7) is 0. The van der Waals surface area contributed by atoms with Crippen molar-refractivity contribution in [2.75, 3.05) is 0 Å². The number of hydrogen-bond donors (Lipinski definition) is 3. The molecule has 0 unspecified atom stereocenters. The Balaban J connectivity index is 3.00. The predicted octanol–water partition coefficient (Wildman–Crippen LogP) is -1.17. The largest absolute Gasteiger partial charge is 0.480 e. The highest BCUT2D eigenvalue weighted by molar-refractivity contribution is 7.89. The van der Waals surface area contributed by atoms with Crippen LogP contribution in [0.2, 0.25) is 0 Å². The van der Waals surface area contributed by atoms with Crippen LogP contribution in [-0.4, -0.2) is 36.4 Å². The first kappa shape index (κ1) is 15.0. The molecule has 1 heterocycles. The average molecular weight is 291 g/mol. The first-order chi connectivity index (χ1) is 8.72. The van der Waals surface area contributed by atoms with E-state index >= 15 is 0 Å². The maximum Gasteiger partial charge on any atom is 0.322 e. The molecule has 0 aliphatic heterocycles. The molecular formula is C9H10FN3O5S. The number of sulfonamides is 1. The Kier molecular flexibility index (Phi) is 4.51. The second-order valence-corrected chi connectivity index (χ2v) is 5.24. The molecule has 1 atom stereocenters. The zero-order valence-electron chi connectivity index (χ0n) is 9.41. The second-order valence-electron chi connectivity index (χ2n) is 3.52. The normalized spacial score (nSPS) is 12.9. The van der Waals surface area contributed by atoms with Crippen LogP contribution in [0.1, 0.15) is 6.42 Å². The molecule has 1 amide bonds. The number of primary amides is 1. The molecule has 0 radical (unpaired) electrons. The summed E-state index contributed by atoms with van der Waals surface area (Å²) in [6, 6.07) is -1.07. The van der Waals surface area contributed by atoms with Gasteiger partial charge in [-0.15, -0.1) is 0 Å². The van der Waals surface area contributed by atoms with Crippen LogP contribution in [0.5, 0.6) is 0 Å². The number of nitrogens with zero attached hydrogens (tertiary/aromatic N) is 1. The third-order valence-electron chi connectivity index (χ3n) is 1.99. The van der Waals surface area contributed by atoms with Gasteiger partial charge in [-0.3, -0.25) is 14.6 Å². The van der Waals surface area contributed by atoms with Gasteiger partial charge < -0.3 is 10.8 Å². The van der Waals surface area contributed by atoms with Crippen molar-refractivity contribution in [1.82, 2.24) is 9.71 Å². The van der Waals surface area contributed by atoms with Crippen LogP contribution in [0, 0.1) is 5.82 Å². The highest BCUT2D eigenvalue weighted by Crippen LogP contribution is 2.10. The van der Waals surface area contributed by atoms with Gasteiger partial charge in [0.25, 0.3) is 0 Å². The van der Waals surface area contributed by atoms with Crippen molar-refractivity contribution in [1.29, 1.82) is 0 Å². The molecule has 10 heteroatoms. The number of nitrogens with two attached hydrogens (primary N) is 1. The molecule has 8 nitrogen and oxygen atoms in total. The number of hydrogen-bond acceptors (Lipinski definition) is 5. The Morgan fingerprint density at radius 2 is 2.11 bits per heavy atom. The van der Waals surface area contributed by atoms with E-state index in [1.807, 2.05) is 0 Å². The smallest absolute Gasteiger partial charge is 0.322 e. The third kappa shape index (κ3) is 4.26. The molecule has 4 N–H and O–H groups in total. The number of pyridine rings is 1. The Labute approximate surface area is 107 Å². The van der Waals surface area contributed by atoms with E-state index in [1.165, 1.54) is 0 Å². The maximum atomic E-state index is 12.9. The first-order valence-corrected chi connectivity index (χ1v) is 6.34. The number of carboxylic acids is 1. The fourth-order valence-corrected chi connectivity index (χ4v) is 2.34. The fraction of sp³-hybridized carbons (Fsp3) is 0.222. The van der Waals surface area contributed by atoms with Crippen LogP contribution in [0.4, 0.5) is 4.39 Å². The summed E-state index contributed by atoms with van der Waals surface area (Å²) in [4.78, 5) is 24.2. The number of carbonyl (C=O) groups excluding carboxylic acids is 1. The van der Waals surface area contributed by atoms with Crippen LogP contribution in [0.25, 0.3) is 0 Å². The second kappa shape index (κ2) is 5.71. The number of aliphatic carboxylic acids is 1. The van der Waals surface area contributed by atoms with Gasteiger partial charge in [-0.1, -0.05) is 0 Å². The minimum Gasteiger partial charge on any atom is -0.480 e. The number of aromatic nitrogens is 1. The molecule has 0 aliphatic carbocycles. The number of halogens is 1. The van der Waals surface area contributed by atoms with Crippen molar-refractivity contribution >= 4 is 21.9 Å². The summed E-state index contributed by atoms with van der Waals surface area (Å²) in [5, 5.41) is 8.76. The highest BCUT2D eigenvalue weighted by atomic mass is 32.2. The van der Waals surface area contributed by atoms with Gasteiger partial charge in [-0.05, 0) is 6.07 Å². The Morgan fingerprint density at radius 1 is 1.47 bits per heavy atom. The van der Waals surface area contributed by atoms with Crippen LogP contribution in [0.15, 0.2) is 23.4 Å². The van der Waals surface area contributed by atoms with Gasteiger partial charge in [0.15, 0.2) is 0 Å². The molecule has 0 bridgehead atoms. The lowest BCUT2D eigenvalue weighted by molar-refractivity contribution is -0.140. The van der Waals surface area contributed by atoms with E-state index in [9.17, 15) is 22.4 Å². The lowest BCUT2D eigenvalue weighted by Crippen LogP contribution is -2.43. The van der Waals surface area contributed by atoms with E-state index in [1.54, 1.807) is 4.72 Å². The molecule has 0 aromatic carbocycles. The van der Waals surface area contributed by atoms with Gasteiger partial charge in [-0.25, -0.2) is 12.8 Å². The van der Waals surface area contributed by atoms with E-state index in [2.05, 4.69) is 4.98 Å². The van der Waals surface area contributed by atoms with Gasteiger partial charge in [0, 0.05) is 6.20 Å². The summed E-state index contributed by atoms with van der Waals surface area (Å²) >= 11 is 0. The van der Waals surface area contributed by atoms with E-state index in [-0.39, 0.29) is 0 Å². The molecule has 19 heavy (non-hydrogen) atoms. The highest BCUT2D eigenvalue weighted by Gasteiger charge is 2.27. The summed E-state index contributed by atoms with van der Waals surface area (Å²) in [5.74, 6) is -3.47. The summed E-state index contributed by atoms with van der Waals surface area (Å²) in [7, 11) is -4.31. The molecule has 1 aromatic rings. The summed E-state index contributed by atoms with van der Waals surface area (Å²) in [6.07, 6.45) is 0.906. The topological polar surface area (TPSA) is 139 Å². The van der Waals surface area contributed by atoms with Crippen molar-refractivity contribution in [2.45, 2.75) is 17.4 Å². The molecule has 0 fully saturated rings. The minimum atomic E-state index is -4.31. The predicted molar refractivity (Wildman–Crippen MR) is 59.8 cm³/mol. The van der Waals surface area contributed by atoms with Crippen molar-refractivity contribution < 1.29 is 27.5 Å². The van der Waals surface area contributed by atoms with Crippen LogP contribution >= 0.6 is 0 Å². The van der Waals surface area contributed by atoms with Crippen LogP contribution in [-0.2, 0) is 19.6 Å². The standard InChI is InChI=1S/C9H10FN3O5S/c10-5-1-6(4-12-3-5)19(17,18)13-7(9(15)16)2-8(11)14/h1,3-4,7,13H,2H2,(H2,11,14)(H,15,16)/t7-/m1/s1. The van der Waals surface area contributed by atoms with Crippen molar-refractivity contribution in [3.63, 3.8) is 0 Å². The monoisotopic (exact) mass is 291 g/mol. The molecule has 0 aliphatic rings. The average Bonchev–Trinajstić information content (AvgIpc) is 2.27. The summed E-state index contributed by atoms with van der Waals surface area (Å²) < 4.78 is 38.1. The lowest BCUT2D eigenvalue weighted by atomic mass is 10.2. The molecule has 0 saturated carbocycles. The lowest BCUT2D eigenvalue weighted by Gasteiger charge is -2.12. The SMILES string of the molecule is NC(=O)C[C@@H](NS(=O)(=O)c1cncc(F)c1)C(=O)O. The number of amides is 1. The van der Waals surface area contributed by atoms with E-state index in [0.29, 0.717) is 6.07 Å². The zero-order chi connectivity index (χ0) is 14.6. The molecule has 1 rings (SSSR count). The van der Waals surface area contributed by atoms with Crippen LogP contribution in [0.3, 0.4) is 0 Å². The molecular weight excluding hydrogens is 281 g/mol. The van der Waals surface area contributed by atoms with E-state index < -0.39 is 45.1 Å². The van der Waals surface area contributed by atoms with Gasteiger partial charge in [0.1, 0.15) is 16.8 Å². The number of rotatable bonds is 6. The molecule has 0 saturated heterocycles. The van der Waals surface area contributed by atoms with Crippen molar-refractivity contribution in [3.8, 4) is 0 Å². The number of nitrogens with one attached hydrogen (secondary N) is 1. The fourth-order valence-electron chi connectivity index (χ4n) is 1.18. The minimum absolute atomic E-state index is 0.553. The number of carboxylic acid groups (broad SMARTS) is 1. The Hall–Kier alpha value is -2.07. The Morgan fingerprint density at radius 3 is 2.58 bits per heavy atom. The molecule has 104 valence electrons. The van der Waals surface area contributed by atoms with Gasteiger partial charge in [0.05, 0.1) is 12.6 Å². The zero-order valence-corrected chi connectivity index (χ0v) is 10.2. The quantitative estimate of drug-likeness (QED) is 0.603. The van der Waals surface area contributed by atoms with Gasteiger partial charge >= 0.3 is 5.97 Å². The maximum absolute atomic E-state index is 12.9. The third-order valence-corrected chi connectivity index (χ3v) is 3.43. The van der Waals surface area contributed by atoms with E-state index in [4.69, 9.17) is 10.8 Å². The first-order valence-electron chi connectivity index (χ1n) is 4.86. The van der Waals surface area contributed by atoms with Gasteiger partial charge in [-0.2, -0.15) is 4.72 Å². The molecule has 0 spiro atoms.